The lowest BCUT2D eigenvalue weighted by Gasteiger charge is -2.33. The van der Waals surface area contributed by atoms with Gasteiger partial charge in [-0.15, -0.1) is 0 Å². The molecule has 1 aliphatic rings. The van der Waals surface area contributed by atoms with Crippen molar-refractivity contribution < 1.29 is 26.9 Å². The molecule has 4 aromatic rings. The van der Waals surface area contributed by atoms with Crippen LogP contribution in [0.25, 0.3) is 22.4 Å². The van der Waals surface area contributed by atoms with Crippen molar-refractivity contribution in [3.8, 4) is 11.5 Å². The number of likely N-dealkylation sites (tertiary alicyclic amines) is 1. The number of nitrogens with one attached hydrogen (secondary N) is 2. The minimum Gasteiger partial charge on any atom is -0.379 e. The van der Waals surface area contributed by atoms with Crippen molar-refractivity contribution in [1.82, 2.24) is 29.5 Å². The van der Waals surface area contributed by atoms with Crippen molar-refractivity contribution in [3.05, 3.63) is 54.2 Å². The van der Waals surface area contributed by atoms with Gasteiger partial charge in [-0.1, -0.05) is 11.2 Å². The third kappa shape index (κ3) is 5.92. The molecule has 2 N–H and O–H groups in total. The highest BCUT2D eigenvalue weighted by Crippen LogP contribution is 2.35. The van der Waals surface area contributed by atoms with E-state index in [2.05, 4.69) is 20.8 Å². The molecule has 0 unspecified atom stereocenters. The number of carbonyl (C=O) groups is 1. The molecule has 3 aromatic heterocycles. The molecular weight excluding hydrogens is 518 g/mol. The minimum absolute atomic E-state index is 0.0435. The Labute approximate surface area is 221 Å². The van der Waals surface area contributed by atoms with Gasteiger partial charge in [-0.3, -0.25) is 4.79 Å². The monoisotopic (exact) mass is 547 g/mol. The van der Waals surface area contributed by atoms with E-state index in [4.69, 9.17) is 4.52 Å². The van der Waals surface area contributed by atoms with Crippen LogP contribution in [0.4, 0.5) is 23.2 Å². The number of alkyl halides is 4. The predicted molar refractivity (Wildman–Crippen MR) is 137 cm³/mol. The topological polar surface area (TPSA) is 93.2 Å². The standard InChI is InChI=1S/C26H29F4N7O2/c1-3-36-10-7-16(13-36)25(38)31-12-23-33-24(34-39-23)22-11-17-19(32-20-8-9-35(2)14-18(20)27)5-4-6-21(17)37(22)15-26(28,29)30/h4-7,10-11,13,18,20,32H,3,8-9,12,14-15H2,1-2H3,(H,31,38)/t18-,20+/m1/s1. The summed E-state index contributed by atoms with van der Waals surface area (Å²) in [6.45, 7) is 2.29. The van der Waals surface area contributed by atoms with E-state index in [1.807, 2.05) is 23.4 Å². The zero-order chi connectivity index (χ0) is 27.7. The van der Waals surface area contributed by atoms with Crippen LogP contribution >= 0.6 is 0 Å². The van der Waals surface area contributed by atoms with Gasteiger partial charge in [-0.2, -0.15) is 18.2 Å². The molecule has 1 amide bonds. The third-order valence-electron chi connectivity index (χ3n) is 6.84. The van der Waals surface area contributed by atoms with E-state index in [-0.39, 0.29) is 36.4 Å². The molecule has 1 aromatic carbocycles. The Morgan fingerprint density at radius 1 is 1.26 bits per heavy atom. The normalized spacial score (nSPS) is 18.5. The van der Waals surface area contributed by atoms with Crippen LogP contribution in [0.3, 0.4) is 0 Å². The molecule has 39 heavy (non-hydrogen) atoms. The zero-order valence-electron chi connectivity index (χ0n) is 21.5. The SMILES string of the molecule is CCn1ccc(C(=O)NCc2nc(-c3cc4c(N[C@H]5CCN(C)C[C@H]5F)cccc4n3CC(F)(F)F)no2)c1. The van der Waals surface area contributed by atoms with Crippen LogP contribution in [0.1, 0.15) is 29.6 Å². The number of fused-ring (bicyclic) bond motifs is 1. The number of piperidine rings is 1. The largest absolute Gasteiger partial charge is 0.406 e. The summed E-state index contributed by atoms with van der Waals surface area (Å²) in [5.41, 5.74) is 1.39. The Balaban J connectivity index is 1.42. The van der Waals surface area contributed by atoms with Crippen LogP contribution in [-0.4, -0.2) is 68.6 Å². The van der Waals surface area contributed by atoms with Crippen molar-refractivity contribution in [3.63, 3.8) is 0 Å². The number of halogens is 4. The van der Waals surface area contributed by atoms with Gasteiger partial charge in [0.05, 0.1) is 29.4 Å². The maximum atomic E-state index is 14.7. The molecule has 208 valence electrons. The van der Waals surface area contributed by atoms with E-state index < -0.39 is 24.9 Å². The summed E-state index contributed by atoms with van der Waals surface area (Å²) in [5.74, 6) is -0.351. The van der Waals surface area contributed by atoms with E-state index in [1.165, 1.54) is 0 Å². The second-order valence-corrected chi connectivity index (χ2v) is 9.71. The lowest BCUT2D eigenvalue weighted by molar-refractivity contribution is -0.139. The van der Waals surface area contributed by atoms with Gasteiger partial charge in [0.2, 0.25) is 11.7 Å². The molecule has 0 bridgehead atoms. The summed E-state index contributed by atoms with van der Waals surface area (Å²) in [6, 6.07) is 7.68. The number of amides is 1. The number of rotatable bonds is 8. The first kappa shape index (κ1) is 26.7. The summed E-state index contributed by atoms with van der Waals surface area (Å²) < 4.78 is 63.7. The Bertz CT molecular complexity index is 1460. The van der Waals surface area contributed by atoms with E-state index in [1.54, 1.807) is 42.7 Å². The van der Waals surface area contributed by atoms with Crippen LogP contribution in [0.2, 0.25) is 0 Å². The van der Waals surface area contributed by atoms with Crippen molar-refractivity contribution in [1.29, 1.82) is 0 Å². The smallest absolute Gasteiger partial charge is 0.379 e. The van der Waals surface area contributed by atoms with Crippen LogP contribution in [0, 0.1) is 0 Å². The van der Waals surface area contributed by atoms with Gasteiger partial charge < -0.3 is 29.2 Å². The van der Waals surface area contributed by atoms with Crippen LogP contribution in [0.15, 0.2) is 47.2 Å². The minimum atomic E-state index is -4.52. The molecule has 1 aliphatic heterocycles. The molecule has 0 spiro atoms. The van der Waals surface area contributed by atoms with Crippen molar-refractivity contribution in [2.24, 2.45) is 0 Å². The average Bonchev–Trinajstić information content (AvgIpc) is 3.63. The second-order valence-electron chi connectivity index (χ2n) is 9.71. The molecule has 1 fully saturated rings. The molecule has 9 nitrogen and oxygen atoms in total. The van der Waals surface area contributed by atoms with Crippen molar-refractivity contribution >= 4 is 22.5 Å². The van der Waals surface area contributed by atoms with Gasteiger partial charge in [-0.05, 0) is 44.7 Å². The number of benzene rings is 1. The van der Waals surface area contributed by atoms with E-state index in [0.29, 0.717) is 35.1 Å². The average molecular weight is 548 g/mol. The number of carbonyl (C=O) groups excluding carboxylic acids is 1. The van der Waals surface area contributed by atoms with Crippen LogP contribution < -0.4 is 10.6 Å². The molecule has 0 aliphatic carbocycles. The van der Waals surface area contributed by atoms with Crippen LogP contribution in [0.5, 0.6) is 0 Å². The first-order chi connectivity index (χ1) is 18.6. The molecule has 1 saturated heterocycles. The number of hydrogen-bond acceptors (Lipinski definition) is 6. The number of hydrogen-bond donors (Lipinski definition) is 2. The lowest BCUT2D eigenvalue weighted by Crippen LogP contribution is -2.46. The highest BCUT2D eigenvalue weighted by molar-refractivity contribution is 5.96. The fourth-order valence-corrected chi connectivity index (χ4v) is 4.82. The molecule has 5 rings (SSSR count). The zero-order valence-corrected chi connectivity index (χ0v) is 21.5. The lowest BCUT2D eigenvalue weighted by atomic mass is 10.0. The summed E-state index contributed by atoms with van der Waals surface area (Å²) in [4.78, 5) is 18.6. The molecule has 13 heteroatoms. The van der Waals surface area contributed by atoms with E-state index >= 15 is 0 Å². The number of nitrogens with zero attached hydrogens (tertiary/aromatic N) is 5. The van der Waals surface area contributed by atoms with Crippen LogP contribution in [-0.2, 0) is 19.6 Å². The highest BCUT2D eigenvalue weighted by Gasteiger charge is 2.32. The quantitative estimate of drug-likeness (QED) is 0.317. The maximum absolute atomic E-state index is 14.7. The first-order valence-corrected chi connectivity index (χ1v) is 12.7. The van der Waals surface area contributed by atoms with Crippen molar-refractivity contribution in [2.45, 2.75) is 51.4 Å². The van der Waals surface area contributed by atoms with Gasteiger partial charge in [0.1, 0.15) is 12.7 Å². The summed E-state index contributed by atoms with van der Waals surface area (Å²) in [5, 5.41) is 10.3. The van der Waals surface area contributed by atoms with Gasteiger partial charge in [0.15, 0.2) is 0 Å². The Morgan fingerprint density at radius 3 is 2.79 bits per heavy atom. The third-order valence-corrected chi connectivity index (χ3v) is 6.84. The molecule has 0 saturated carbocycles. The van der Waals surface area contributed by atoms with Crippen molar-refractivity contribution in [2.75, 3.05) is 25.5 Å². The van der Waals surface area contributed by atoms with Gasteiger partial charge in [0.25, 0.3) is 5.91 Å². The van der Waals surface area contributed by atoms with Gasteiger partial charge in [-0.25, -0.2) is 4.39 Å². The molecule has 2 atom stereocenters. The van der Waals surface area contributed by atoms with E-state index in [0.717, 1.165) is 11.1 Å². The molecule has 0 radical (unpaired) electrons. The number of anilines is 1. The Morgan fingerprint density at radius 2 is 2.08 bits per heavy atom. The first-order valence-electron chi connectivity index (χ1n) is 12.7. The maximum Gasteiger partial charge on any atom is 0.406 e. The number of aryl methyl sites for hydroxylation is 1. The summed E-state index contributed by atoms with van der Waals surface area (Å²) in [6.07, 6.45) is -1.59. The highest BCUT2D eigenvalue weighted by atomic mass is 19.4. The van der Waals surface area contributed by atoms with E-state index in [9.17, 15) is 22.4 Å². The summed E-state index contributed by atoms with van der Waals surface area (Å²) in [7, 11) is 1.85. The van der Waals surface area contributed by atoms with Gasteiger partial charge in [0, 0.05) is 43.1 Å². The molecular formula is C26H29F4N7O2. The Hall–Kier alpha value is -3.87. The Kier molecular flexibility index (Phi) is 7.34. The summed E-state index contributed by atoms with van der Waals surface area (Å²) >= 11 is 0. The fourth-order valence-electron chi connectivity index (χ4n) is 4.82. The predicted octanol–water partition coefficient (Wildman–Crippen LogP) is 4.46. The molecule has 4 heterocycles. The number of aromatic nitrogens is 4. The van der Waals surface area contributed by atoms with Gasteiger partial charge >= 0.3 is 6.18 Å². The second kappa shape index (κ2) is 10.7. The fraction of sp³-hybridized carbons (Fsp3) is 0.423.